The standard InChI is InChI=1S/C15H23NO4/c1-12(2)11-19-9-7-15(18)16-13-3-5-14(6-4-13)20-10-8-17/h3-6,12,17H,7-11H2,1-2H3,(H,16,18). The van der Waals surface area contributed by atoms with Crippen LogP contribution in [0, 0.1) is 5.92 Å². The highest BCUT2D eigenvalue weighted by Crippen LogP contribution is 2.15. The Morgan fingerprint density at radius 2 is 1.95 bits per heavy atom. The highest BCUT2D eigenvalue weighted by atomic mass is 16.5. The summed E-state index contributed by atoms with van der Waals surface area (Å²) in [6.07, 6.45) is 0.343. The second-order valence-electron chi connectivity index (χ2n) is 4.86. The number of ether oxygens (including phenoxy) is 2. The molecule has 1 aromatic rings. The molecule has 0 saturated carbocycles. The number of anilines is 1. The third-order valence-corrected chi connectivity index (χ3v) is 2.42. The van der Waals surface area contributed by atoms with Gasteiger partial charge >= 0.3 is 0 Å². The normalized spacial score (nSPS) is 10.6. The van der Waals surface area contributed by atoms with E-state index in [1.807, 2.05) is 0 Å². The van der Waals surface area contributed by atoms with Crippen LogP contribution in [0.5, 0.6) is 5.75 Å². The molecule has 1 rings (SSSR count). The van der Waals surface area contributed by atoms with Crippen molar-refractivity contribution in [2.45, 2.75) is 20.3 Å². The van der Waals surface area contributed by atoms with Gasteiger partial charge in [-0.25, -0.2) is 0 Å². The molecule has 0 aliphatic rings. The fraction of sp³-hybridized carbons (Fsp3) is 0.533. The van der Waals surface area contributed by atoms with E-state index in [2.05, 4.69) is 19.2 Å². The summed E-state index contributed by atoms with van der Waals surface area (Å²) in [5.41, 5.74) is 0.718. The minimum Gasteiger partial charge on any atom is -0.491 e. The largest absolute Gasteiger partial charge is 0.491 e. The maximum atomic E-state index is 11.7. The number of benzene rings is 1. The predicted molar refractivity (Wildman–Crippen MR) is 77.9 cm³/mol. The zero-order valence-corrected chi connectivity index (χ0v) is 12.1. The summed E-state index contributed by atoms with van der Waals surface area (Å²) >= 11 is 0. The van der Waals surface area contributed by atoms with Crippen LogP contribution in [0.2, 0.25) is 0 Å². The van der Waals surface area contributed by atoms with Crippen molar-refractivity contribution < 1.29 is 19.4 Å². The van der Waals surface area contributed by atoms with Crippen LogP contribution < -0.4 is 10.1 Å². The lowest BCUT2D eigenvalue weighted by atomic mass is 10.2. The van der Waals surface area contributed by atoms with Crippen LogP contribution >= 0.6 is 0 Å². The van der Waals surface area contributed by atoms with Crippen LogP contribution in [0.15, 0.2) is 24.3 Å². The second kappa shape index (κ2) is 9.34. The SMILES string of the molecule is CC(C)COCCC(=O)Nc1ccc(OCCO)cc1. The number of hydrogen-bond donors (Lipinski definition) is 2. The van der Waals surface area contributed by atoms with E-state index in [0.29, 0.717) is 31.3 Å². The van der Waals surface area contributed by atoms with Gasteiger partial charge in [0.05, 0.1) is 19.6 Å². The molecule has 2 N–H and O–H groups in total. The van der Waals surface area contributed by atoms with Gasteiger partial charge in [0.2, 0.25) is 5.91 Å². The van der Waals surface area contributed by atoms with Crippen LogP contribution in [0.4, 0.5) is 5.69 Å². The minimum atomic E-state index is -0.0715. The summed E-state index contributed by atoms with van der Waals surface area (Å²) in [6, 6.07) is 7.03. The van der Waals surface area contributed by atoms with E-state index >= 15 is 0 Å². The maximum absolute atomic E-state index is 11.7. The summed E-state index contributed by atoms with van der Waals surface area (Å²) in [5, 5.41) is 11.4. The lowest BCUT2D eigenvalue weighted by molar-refractivity contribution is -0.117. The van der Waals surface area contributed by atoms with Gasteiger partial charge in [0.25, 0.3) is 0 Å². The van der Waals surface area contributed by atoms with Crippen molar-refractivity contribution in [1.82, 2.24) is 0 Å². The number of carbonyl (C=O) groups is 1. The fourth-order valence-corrected chi connectivity index (χ4v) is 1.51. The molecule has 1 amide bonds. The second-order valence-corrected chi connectivity index (χ2v) is 4.86. The number of amides is 1. The number of hydrogen-bond acceptors (Lipinski definition) is 4. The molecule has 0 aromatic heterocycles. The van der Waals surface area contributed by atoms with Gasteiger partial charge in [-0.2, -0.15) is 0 Å². The summed E-state index contributed by atoms with van der Waals surface area (Å²) in [4.78, 5) is 11.7. The van der Waals surface area contributed by atoms with Crippen molar-refractivity contribution in [2.24, 2.45) is 5.92 Å². The third-order valence-electron chi connectivity index (χ3n) is 2.42. The Bertz CT molecular complexity index is 389. The van der Waals surface area contributed by atoms with Gasteiger partial charge < -0.3 is 19.9 Å². The van der Waals surface area contributed by atoms with E-state index in [1.54, 1.807) is 24.3 Å². The zero-order valence-electron chi connectivity index (χ0n) is 12.1. The van der Waals surface area contributed by atoms with Crippen molar-refractivity contribution in [1.29, 1.82) is 0 Å². The van der Waals surface area contributed by atoms with Crippen molar-refractivity contribution in [2.75, 3.05) is 31.7 Å². The van der Waals surface area contributed by atoms with Gasteiger partial charge in [-0.05, 0) is 30.2 Å². The number of aliphatic hydroxyl groups is 1. The monoisotopic (exact) mass is 281 g/mol. The molecule has 0 aliphatic carbocycles. The smallest absolute Gasteiger partial charge is 0.226 e. The maximum Gasteiger partial charge on any atom is 0.226 e. The molecule has 0 unspecified atom stereocenters. The molecular formula is C15H23NO4. The lowest BCUT2D eigenvalue weighted by Crippen LogP contribution is -2.15. The first-order valence-electron chi connectivity index (χ1n) is 6.83. The fourth-order valence-electron chi connectivity index (χ4n) is 1.51. The highest BCUT2D eigenvalue weighted by Gasteiger charge is 2.03. The van der Waals surface area contributed by atoms with Crippen LogP contribution in [-0.4, -0.2) is 37.4 Å². The van der Waals surface area contributed by atoms with Crippen LogP contribution in [0.1, 0.15) is 20.3 Å². The molecular weight excluding hydrogens is 258 g/mol. The molecule has 0 fully saturated rings. The van der Waals surface area contributed by atoms with Crippen molar-refractivity contribution >= 4 is 11.6 Å². The number of rotatable bonds is 9. The molecule has 0 spiro atoms. The first kappa shape index (κ1) is 16.5. The first-order chi connectivity index (χ1) is 9.61. The van der Waals surface area contributed by atoms with Gasteiger partial charge in [0, 0.05) is 12.3 Å². The Balaban J connectivity index is 2.27. The van der Waals surface area contributed by atoms with Gasteiger partial charge in [0.15, 0.2) is 0 Å². The molecule has 20 heavy (non-hydrogen) atoms. The number of nitrogens with one attached hydrogen (secondary N) is 1. The van der Waals surface area contributed by atoms with Crippen molar-refractivity contribution in [3.8, 4) is 5.75 Å². The van der Waals surface area contributed by atoms with Gasteiger partial charge in [0.1, 0.15) is 12.4 Å². The van der Waals surface area contributed by atoms with Gasteiger partial charge in [-0.1, -0.05) is 13.8 Å². The lowest BCUT2D eigenvalue weighted by Gasteiger charge is -2.08. The Labute approximate surface area is 119 Å². The number of carbonyl (C=O) groups excluding carboxylic acids is 1. The average Bonchev–Trinajstić information content (AvgIpc) is 2.43. The van der Waals surface area contributed by atoms with Gasteiger partial charge in [-0.3, -0.25) is 4.79 Å². The summed E-state index contributed by atoms with van der Waals surface area (Å²) in [6.45, 7) is 5.49. The van der Waals surface area contributed by atoms with Crippen LogP contribution in [0.3, 0.4) is 0 Å². The summed E-state index contributed by atoms with van der Waals surface area (Å²) < 4.78 is 10.6. The first-order valence-corrected chi connectivity index (χ1v) is 6.83. The Morgan fingerprint density at radius 3 is 2.55 bits per heavy atom. The summed E-state index contributed by atoms with van der Waals surface area (Å²) in [5.74, 6) is 1.07. The molecule has 5 nitrogen and oxygen atoms in total. The van der Waals surface area contributed by atoms with Gasteiger partial charge in [-0.15, -0.1) is 0 Å². The van der Waals surface area contributed by atoms with E-state index in [0.717, 1.165) is 5.69 Å². The Morgan fingerprint density at radius 1 is 1.25 bits per heavy atom. The summed E-state index contributed by atoms with van der Waals surface area (Å²) in [7, 11) is 0. The van der Waals surface area contributed by atoms with E-state index in [4.69, 9.17) is 14.6 Å². The average molecular weight is 281 g/mol. The molecule has 0 saturated heterocycles. The van der Waals surface area contributed by atoms with Crippen LogP contribution in [-0.2, 0) is 9.53 Å². The topological polar surface area (TPSA) is 67.8 Å². The minimum absolute atomic E-state index is 0.0190. The van der Waals surface area contributed by atoms with E-state index in [-0.39, 0.29) is 19.1 Å². The van der Waals surface area contributed by atoms with E-state index in [1.165, 1.54) is 0 Å². The van der Waals surface area contributed by atoms with Crippen molar-refractivity contribution in [3.05, 3.63) is 24.3 Å². The molecule has 112 valence electrons. The number of aliphatic hydroxyl groups excluding tert-OH is 1. The predicted octanol–water partition coefficient (Wildman–Crippen LogP) is 2.06. The zero-order chi connectivity index (χ0) is 14.8. The molecule has 0 bridgehead atoms. The molecule has 0 aliphatic heterocycles. The van der Waals surface area contributed by atoms with E-state index < -0.39 is 0 Å². The molecule has 5 heteroatoms. The van der Waals surface area contributed by atoms with Crippen LogP contribution in [0.25, 0.3) is 0 Å². The quantitative estimate of drug-likeness (QED) is 0.680. The molecule has 0 atom stereocenters. The molecule has 1 aromatic carbocycles. The Kier molecular flexibility index (Phi) is 7.69. The highest BCUT2D eigenvalue weighted by molar-refractivity contribution is 5.90. The van der Waals surface area contributed by atoms with Crippen molar-refractivity contribution in [3.63, 3.8) is 0 Å². The molecule has 0 heterocycles. The molecule has 0 radical (unpaired) electrons. The third kappa shape index (κ3) is 7.11. The Hall–Kier alpha value is -1.59. The van der Waals surface area contributed by atoms with E-state index in [9.17, 15) is 4.79 Å².